The van der Waals surface area contributed by atoms with Crippen LogP contribution in [0.3, 0.4) is 0 Å². The molecule has 2 aromatic carbocycles. The maximum absolute atomic E-state index is 9.98. The van der Waals surface area contributed by atoms with E-state index in [1.54, 1.807) is 20.3 Å². The van der Waals surface area contributed by atoms with Crippen molar-refractivity contribution in [2.75, 3.05) is 28.4 Å². The van der Waals surface area contributed by atoms with E-state index in [2.05, 4.69) is 16.3 Å². The van der Waals surface area contributed by atoms with E-state index in [-0.39, 0.29) is 17.3 Å². The molecule has 32 heavy (non-hydrogen) atoms. The molecule has 0 unspecified atom stereocenters. The molecule has 3 N–H and O–H groups in total. The Morgan fingerprint density at radius 3 is 2.47 bits per heavy atom. The van der Waals surface area contributed by atoms with E-state index >= 15 is 0 Å². The Balaban J connectivity index is 2.00. The van der Waals surface area contributed by atoms with Gasteiger partial charge in [0.25, 0.3) is 0 Å². The minimum atomic E-state index is -0.626. The summed E-state index contributed by atoms with van der Waals surface area (Å²) >= 11 is 0. The van der Waals surface area contributed by atoms with Crippen molar-refractivity contribution in [1.29, 1.82) is 5.26 Å². The Bertz CT molecular complexity index is 1240. The van der Waals surface area contributed by atoms with E-state index in [1.807, 2.05) is 30.3 Å². The molecule has 1 atom stereocenters. The lowest BCUT2D eigenvalue weighted by atomic mass is 9.82. The lowest BCUT2D eigenvalue weighted by molar-refractivity contribution is 0.321. The third kappa shape index (κ3) is 3.22. The number of ether oxygens (including phenoxy) is 5. The van der Waals surface area contributed by atoms with E-state index in [0.29, 0.717) is 39.8 Å². The van der Waals surface area contributed by atoms with Crippen molar-refractivity contribution in [3.05, 3.63) is 59.0 Å². The van der Waals surface area contributed by atoms with Gasteiger partial charge in [0.15, 0.2) is 11.5 Å². The second-order valence-corrected chi connectivity index (χ2v) is 6.90. The minimum Gasteiger partial charge on any atom is -0.497 e. The summed E-state index contributed by atoms with van der Waals surface area (Å²) in [6.45, 7) is 0. The van der Waals surface area contributed by atoms with Crippen LogP contribution in [0.15, 0.2) is 47.9 Å². The predicted molar refractivity (Wildman–Crippen MR) is 116 cm³/mol. The van der Waals surface area contributed by atoms with Gasteiger partial charge in [0, 0.05) is 11.1 Å². The summed E-state index contributed by atoms with van der Waals surface area (Å²) in [5, 5.41) is 17.3. The van der Waals surface area contributed by atoms with Crippen LogP contribution in [0.5, 0.6) is 28.9 Å². The molecule has 3 aromatic rings. The summed E-state index contributed by atoms with van der Waals surface area (Å²) in [7, 11) is 6.19. The number of nitrogens with two attached hydrogens (primary N) is 1. The van der Waals surface area contributed by atoms with Crippen molar-refractivity contribution in [2.45, 2.75) is 5.92 Å². The van der Waals surface area contributed by atoms with Gasteiger partial charge in [-0.2, -0.15) is 5.26 Å². The van der Waals surface area contributed by atoms with Crippen molar-refractivity contribution in [3.63, 3.8) is 0 Å². The zero-order valence-electron chi connectivity index (χ0n) is 18.1. The summed E-state index contributed by atoms with van der Waals surface area (Å²) in [6, 6.07) is 13.2. The molecular formula is C23H22N4O5. The summed E-state index contributed by atoms with van der Waals surface area (Å²) < 4.78 is 27.7. The Labute approximate surface area is 184 Å². The van der Waals surface area contributed by atoms with E-state index < -0.39 is 5.92 Å². The molecule has 9 heteroatoms. The first-order valence-electron chi connectivity index (χ1n) is 9.67. The standard InChI is InChI=1S/C23H22N4O5/c1-28-13-7-5-6-12(10-13)19-18-17(15(11-24)22(25)32-23(18)27-26-19)14-8-9-16(29-2)21(31-4)20(14)30-3/h5-10,17H,25H2,1-4H3,(H,26,27)/t17-/m0/s1. The van der Waals surface area contributed by atoms with Crippen LogP contribution in [0.2, 0.25) is 0 Å². The number of rotatable bonds is 6. The molecule has 164 valence electrons. The van der Waals surface area contributed by atoms with Crippen LogP contribution >= 0.6 is 0 Å². The molecule has 2 heterocycles. The lowest BCUT2D eigenvalue weighted by Crippen LogP contribution is -2.21. The SMILES string of the molecule is COc1cccc(-c2[nH]nc3c2[C@@H](c2ccc(OC)c(OC)c2OC)C(C#N)=C(N)O3)c1. The quantitative estimate of drug-likeness (QED) is 0.605. The molecule has 0 bridgehead atoms. The van der Waals surface area contributed by atoms with Crippen molar-refractivity contribution >= 4 is 0 Å². The Hall–Kier alpha value is -4.32. The largest absolute Gasteiger partial charge is 0.497 e. The van der Waals surface area contributed by atoms with Gasteiger partial charge in [0.2, 0.25) is 17.5 Å². The molecule has 9 nitrogen and oxygen atoms in total. The normalized spacial score (nSPS) is 14.8. The summed E-state index contributed by atoms with van der Waals surface area (Å²) in [5.41, 5.74) is 9.12. The van der Waals surface area contributed by atoms with E-state index in [4.69, 9.17) is 29.4 Å². The molecule has 0 saturated heterocycles. The number of nitriles is 1. The smallest absolute Gasteiger partial charge is 0.244 e. The summed E-state index contributed by atoms with van der Waals surface area (Å²) in [6.07, 6.45) is 0. The highest BCUT2D eigenvalue weighted by atomic mass is 16.5. The van der Waals surface area contributed by atoms with E-state index in [0.717, 1.165) is 5.56 Å². The van der Waals surface area contributed by atoms with Crippen molar-refractivity contribution < 1.29 is 23.7 Å². The highest BCUT2D eigenvalue weighted by molar-refractivity contribution is 5.73. The lowest BCUT2D eigenvalue weighted by Gasteiger charge is -2.26. The summed E-state index contributed by atoms with van der Waals surface area (Å²) in [4.78, 5) is 0. The van der Waals surface area contributed by atoms with Crippen LogP contribution in [-0.2, 0) is 0 Å². The molecule has 4 rings (SSSR count). The monoisotopic (exact) mass is 434 g/mol. The Morgan fingerprint density at radius 1 is 1.03 bits per heavy atom. The van der Waals surface area contributed by atoms with Crippen LogP contribution in [0, 0.1) is 11.3 Å². The van der Waals surface area contributed by atoms with Crippen LogP contribution in [0.4, 0.5) is 0 Å². The number of aromatic nitrogens is 2. The average molecular weight is 434 g/mol. The highest BCUT2D eigenvalue weighted by Crippen LogP contribution is 2.51. The number of aromatic amines is 1. The van der Waals surface area contributed by atoms with Crippen molar-refractivity contribution in [2.24, 2.45) is 5.73 Å². The zero-order valence-corrected chi connectivity index (χ0v) is 18.1. The average Bonchev–Trinajstić information content (AvgIpc) is 3.25. The third-order valence-electron chi connectivity index (χ3n) is 5.34. The molecule has 0 radical (unpaired) electrons. The van der Waals surface area contributed by atoms with E-state index in [1.165, 1.54) is 14.2 Å². The number of fused-ring (bicyclic) bond motifs is 1. The van der Waals surface area contributed by atoms with Crippen molar-refractivity contribution in [1.82, 2.24) is 10.2 Å². The third-order valence-corrected chi connectivity index (χ3v) is 5.34. The highest BCUT2D eigenvalue weighted by Gasteiger charge is 2.38. The number of hydrogen-bond acceptors (Lipinski definition) is 8. The minimum absolute atomic E-state index is 0.0227. The second kappa shape index (κ2) is 8.43. The molecular weight excluding hydrogens is 412 g/mol. The van der Waals surface area contributed by atoms with Gasteiger partial charge in [-0.05, 0) is 18.2 Å². The molecule has 0 aliphatic carbocycles. The fourth-order valence-electron chi connectivity index (χ4n) is 3.91. The second-order valence-electron chi connectivity index (χ2n) is 6.90. The number of hydrogen-bond donors (Lipinski definition) is 2. The van der Waals surface area contributed by atoms with Gasteiger partial charge in [-0.15, -0.1) is 5.10 Å². The van der Waals surface area contributed by atoms with Crippen LogP contribution in [-0.4, -0.2) is 38.6 Å². The van der Waals surface area contributed by atoms with Crippen LogP contribution < -0.4 is 29.4 Å². The first kappa shape index (κ1) is 20.9. The van der Waals surface area contributed by atoms with E-state index in [9.17, 15) is 5.26 Å². The molecule has 1 aliphatic heterocycles. The van der Waals surface area contributed by atoms with Crippen LogP contribution in [0.1, 0.15) is 17.0 Å². The summed E-state index contributed by atoms with van der Waals surface area (Å²) in [5.74, 6) is 1.63. The molecule has 1 aliphatic rings. The van der Waals surface area contributed by atoms with Crippen LogP contribution in [0.25, 0.3) is 11.3 Å². The predicted octanol–water partition coefficient (Wildman–Crippen LogP) is 3.33. The van der Waals surface area contributed by atoms with Gasteiger partial charge >= 0.3 is 0 Å². The Kier molecular flexibility index (Phi) is 5.52. The molecule has 0 saturated carbocycles. The van der Waals surface area contributed by atoms with Gasteiger partial charge in [0.1, 0.15) is 17.4 Å². The van der Waals surface area contributed by atoms with Gasteiger partial charge < -0.3 is 29.4 Å². The number of methoxy groups -OCH3 is 4. The molecule has 0 amide bonds. The maximum Gasteiger partial charge on any atom is 0.244 e. The number of nitrogens with zero attached hydrogens (tertiary/aromatic N) is 2. The number of allylic oxidation sites excluding steroid dienone is 1. The fourth-order valence-corrected chi connectivity index (χ4v) is 3.91. The fraction of sp³-hybridized carbons (Fsp3) is 0.217. The number of benzene rings is 2. The molecule has 0 spiro atoms. The topological polar surface area (TPSA) is 125 Å². The first-order chi connectivity index (χ1) is 15.6. The Morgan fingerprint density at radius 2 is 1.81 bits per heavy atom. The van der Waals surface area contributed by atoms with Gasteiger partial charge in [-0.25, -0.2) is 0 Å². The van der Waals surface area contributed by atoms with Crippen molar-refractivity contribution in [3.8, 4) is 46.2 Å². The molecule has 0 fully saturated rings. The molecule has 1 aromatic heterocycles. The number of H-pyrrole nitrogens is 1. The zero-order chi connectivity index (χ0) is 22.8. The maximum atomic E-state index is 9.98. The van der Waals surface area contributed by atoms with Gasteiger partial charge in [-0.1, -0.05) is 18.2 Å². The van der Waals surface area contributed by atoms with Gasteiger partial charge in [0.05, 0.1) is 45.6 Å². The van der Waals surface area contributed by atoms with Gasteiger partial charge in [-0.3, -0.25) is 5.10 Å². The number of nitrogens with one attached hydrogen (secondary N) is 1. The first-order valence-corrected chi connectivity index (χ1v) is 9.67.